The van der Waals surface area contributed by atoms with Crippen LogP contribution in [0.3, 0.4) is 0 Å². The molecule has 0 bridgehead atoms. The van der Waals surface area contributed by atoms with Crippen LogP contribution < -0.4 is 0 Å². The van der Waals surface area contributed by atoms with Gasteiger partial charge in [0.1, 0.15) is 12.2 Å². The Hall–Kier alpha value is -1.39. The van der Waals surface area contributed by atoms with Gasteiger partial charge in [0.2, 0.25) is 5.95 Å². The van der Waals surface area contributed by atoms with E-state index in [0.29, 0.717) is 5.95 Å². The van der Waals surface area contributed by atoms with E-state index in [9.17, 15) is 0 Å². The Bertz CT molecular complexity index is 276. The summed E-state index contributed by atoms with van der Waals surface area (Å²) in [7, 11) is 2.04. The minimum Gasteiger partial charge on any atom is -0.363 e. The molecule has 1 aromatic rings. The molecule has 12 heavy (non-hydrogen) atoms. The van der Waals surface area contributed by atoms with Gasteiger partial charge in [0.05, 0.1) is 0 Å². The summed E-state index contributed by atoms with van der Waals surface area (Å²) in [5, 5.41) is 6.44. The zero-order valence-electron chi connectivity index (χ0n) is 6.99. The lowest BCUT2D eigenvalue weighted by Crippen LogP contribution is -2.18. The van der Waals surface area contributed by atoms with Crippen LogP contribution in [0.1, 0.15) is 12.8 Å². The van der Waals surface area contributed by atoms with E-state index in [-0.39, 0.29) is 0 Å². The molecule has 0 amide bonds. The Balaban J connectivity index is 2.18. The number of nitrogens with one attached hydrogen (secondary N) is 1. The van der Waals surface area contributed by atoms with E-state index in [1.54, 1.807) is 0 Å². The first-order valence-electron chi connectivity index (χ1n) is 4.00. The summed E-state index contributed by atoms with van der Waals surface area (Å²) in [6, 6.07) is 0. The molecule has 0 saturated carbocycles. The maximum Gasteiger partial charge on any atom is 0.246 e. The van der Waals surface area contributed by atoms with Gasteiger partial charge in [-0.15, -0.1) is 0 Å². The van der Waals surface area contributed by atoms with Gasteiger partial charge in [-0.3, -0.25) is 0 Å². The van der Waals surface area contributed by atoms with E-state index < -0.39 is 0 Å². The van der Waals surface area contributed by atoms with E-state index in [1.807, 2.05) is 7.05 Å². The first-order valence-corrected chi connectivity index (χ1v) is 4.00. The predicted octanol–water partition coefficient (Wildman–Crippen LogP) is 0.560. The van der Waals surface area contributed by atoms with Crippen molar-refractivity contribution in [2.75, 3.05) is 13.6 Å². The smallest absolute Gasteiger partial charge is 0.246 e. The molecule has 1 saturated heterocycles. The summed E-state index contributed by atoms with van der Waals surface area (Å²) in [4.78, 5) is 10.4. The molecule has 5 nitrogen and oxygen atoms in total. The van der Waals surface area contributed by atoms with Crippen LogP contribution in [0.15, 0.2) is 11.3 Å². The van der Waals surface area contributed by atoms with Gasteiger partial charge in [-0.05, 0) is 6.42 Å². The molecule has 1 N–H and O–H groups in total. The number of rotatable bonds is 1. The first kappa shape index (κ1) is 7.27. The molecule has 2 rings (SSSR count). The van der Waals surface area contributed by atoms with Gasteiger partial charge in [-0.25, -0.2) is 5.10 Å². The SMILES string of the molecule is CN1CCCC1=Nc1ncn[nH]1. The average molecular weight is 165 g/mol. The number of hydrogen-bond donors (Lipinski definition) is 1. The van der Waals surface area contributed by atoms with Gasteiger partial charge >= 0.3 is 0 Å². The zero-order valence-corrected chi connectivity index (χ0v) is 6.99. The number of aromatic amines is 1. The zero-order chi connectivity index (χ0) is 8.39. The molecule has 0 aromatic carbocycles. The predicted molar refractivity (Wildman–Crippen MR) is 45.3 cm³/mol. The molecule has 0 radical (unpaired) electrons. The minimum atomic E-state index is 0.596. The summed E-state index contributed by atoms with van der Waals surface area (Å²) < 4.78 is 0. The highest BCUT2D eigenvalue weighted by Crippen LogP contribution is 2.12. The first-order chi connectivity index (χ1) is 5.86. The largest absolute Gasteiger partial charge is 0.363 e. The molecule has 1 fully saturated rings. The van der Waals surface area contributed by atoms with E-state index in [1.165, 1.54) is 12.7 Å². The minimum absolute atomic E-state index is 0.596. The molecular weight excluding hydrogens is 154 g/mol. The summed E-state index contributed by atoms with van der Waals surface area (Å²) in [5.41, 5.74) is 0. The van der Waals surface area contributed by atoms with Crippen molar-refractivity contribution in [3.8, 4) is 0 Å². The van der Waals surface area contributed by atoms with E-state index in [4.69, 9.17) is 0 Å². The average Bonchev–Trinajstić information content (AvgIpc) is 2.65. The van der Waals surface area contributed by atoms with E-state index in [2.05, 4.69) is 25.1 Å². The van der Waals surface area contributed by atoms with Crippen molar-refractivity contribution in [1.82, 2.24) is 20.1 Å². The van der Waals surface area contributed by atoms with Crippen molar-refractivity contribution in [1.29, 1.82) is 0 Å². The van der Waals surface area contributed by atoms with Crippen LogP contribution in [0.25, 0.3) is 0 Å². The topological polar surface area (TPSA) is 57.2 Å². The number of H-pyrrole nitrogens is 1. The van der Waals surface area contributed by atoms with Crippen molar-refractivity contribution >= 4 is 11.8 Å². The fourth-order valence-electron chi connectivity index (χ4n) is 1.31. The van der Waals surface area contributed by atoms with Gasteiger partial charge < -0.3 is 4.90 Å². The van der Waals surface area contributed by atoms with Crippen LogP contribution in [-0.4, -0.2) is 39.5 Å². The van der Waals surface area contributed by atoms with Gasteiger partial charge in [-0.1, -0.05) is 0 Å². The molecule has 1 aromatic heterocycles. The molecule has 5 heteroatoms. The fraction of sp³-hybridized carbons (Fsp3) is 0.571. The van der Waals surface area contributed by atoms with Gasteiger partial charge in [0, 0.05) is 20.0 Å². The lowest BCUT2D eigenvalue weighted by atomic mass is 10.4. The lowest BCUT2D eigenvalue weighted by Gasteiger charge is -2.09. The van der Waals surface area contributed by atoms with Crippen LogP contribution in [0.4, 0.5) is 5.95 Å². The van der Waals surface area contributed by atoms with Crippen LogP contribution in [-0.2, 0) is 0 Å². The van der Waals surface area contributed by atoms with Gasteiger partial charge in [0.15, 0.2) is 0 Å². The maximum absolute atomic E-state index is 4.31. The fourth-order valence-corrected chi connectivity index (χ4v) is 1.31. The second-order valence-electron chi connectivity index (χ2n) is 2.86. The molecule has 0 atom stereocenters. The molecule has 64 valence electrons. The summed E-state index contributed by atoms with van der Waals surface area (Å²) in [6.07, 6.45) is 3.69. The highest BCUT2D eigenvalue weighted by Gasteiger charge is 2.14. The highest BCUT2D eigenvalue weighted by molar-refractivity contribution is 5.85. The number of nitrogens with zero attached hydrogens (tertiary/aromatic N) is 4. The lowest BCUT2D eigenvalue weighted by molar-refractivity contribution is 0.549. The van der Waals surface area contributed by atoms with Crippen LogP contribution in [0.2, 0.25) is 0 Å². The number of likely N-dealkylation sites (tertiary alicyclic amines) is 1. The monoisotopic (exact) mass is 165 g/mol. The molecule has 1 aliphatic heterocycles. The second kappa shape index (κ2) is 2.92. The number of aliphatic imine (C=N–C) groups is 1. The molecule has 1 aliphatic rings. The third-order valence-electron chi connectivity index (χ3n) is 1.97. The standard InChI is InChI=1S/C7H11N5/c1-12-4-2-3-6(12)10-7-8-5-9-11-7/h5H,2-4H2,1H3,(H,8,9,11). The second-order valence-corrected chi connectivity index (χ2v) is 2.86. The van der Waals surface area contributed by atoms with Gasteiger partial charge in [0.25, 0.3) is 0 Å². The number of hydrogen-bond acceptors (Lipinski definition) is 3. The van der Waals surface area contributed by atoms with Crippen LogP contribution >= 0.6 is 0 Å². The molecule has 0 aliphatic carbocycles. The van der Waals surface area contributed by atoms with Crippen molar-refractivity contribution < 1.29 is 0 Å². The molecule has 2 heterocycles. The quantitative estimate of drug-likeness (QED) is 0.661. The van der Waals surface area contributed by atoms with Crippen molar-refractivity contribution in [2.45, 2.75) is 12.8 Å². The Kier molecular flexibility index (Phi) is 1.77. The third kappa shape index (κ3) is 1.30. The van der Waals surface area contributed by atoms with Crippen LogP contribution in [0.5, 0.6) is 0 Å². The number of amidine groups is 1. The molecule has 0 spiro atoms. The Morgan fingerprint density at radius 3 is 3.17 bits per heavy atom. The van der Waals surface area contributed by atoms with Crippen LogP contribution in [0, 0.1) is 0 Å². The highest BCUT2D eigenvalue weighted by atomic mass is 15.3. The number of aromatic nitrogens is 3. The summed E-state index contributed by atoms with van der Waals surface area (Å²) in [5.74, 6) is 1.69. The normalized spacial score (nSPS) is 20.8. The molecular formula is C7H11N5. The summed E-state index contributed by atoms with van der Waals surface area (Å²) in [6.45, 7) is 1.09. The van der Waals surface area contributed by atoms with E-state index >= 15 is 0 Å². The van der Waals surface area contributed by atoms with Crippen molar-refractivity contribution in [3.63, 3.8) is 0 Å². The molecule has 0 unspecified atom stereocenters. The van der Waals surface area contributed by atoms with Gasteiger partial charge in [-0.2, -0.15) is 15.1 Å². The Labute approximate surface area is 70.5 Å². The third-order valence-corrected chi connectivity index (χ3v) is 1.97. The van der Waals surface area contributed by atoms with Crippen molar-refractivity contribution in [3.05, 3.63) is 6.33 Å². The van der Waals surface area contributed by atoms with E-state index in [0.717, 1.165) is 18.8 Å². The van der Waals surface area contributed by atoms with Crippen molar-refractivity contribution in [2.24, 2.45) is 4.99 Å². The Morgan fingerprint density at radius 2 is 2.58 bits per heavy atom. The maximum atomic E-state index is 4.31. The summed E-state index contributed by atoms with van der Waals surface area (Å²) >= 11 is 0. The Morgan fingerprint density at radius 1 is 1.67 bits per heavy atom.